The minimum absolute atomic E-state index is 0.591. The Morgan fingerprint density at radius 1 is 0.756 bits per heavy atom. The van der Waals surface area contributed by atoms with Gasteiger partial charge >= 0.3 is 0 Å². The van der Waals surface area contributed by atoms with Crippen molar-refractivity contribution in [1.82, 2.24) is 0 Å². The highest BCUT2D eigenvalue weighted by atomic mass is 16.5. The molecule has 2 aromatic carbocycles. The summed E-state index contributed by atoms with van der Waals surface area (Å²) >= 11 is 0. The lowest BCUT2D eigenvalue weighted by atomic mass is 10.0. The van der Waals surface area contributed by atoms with Crippen LogP contribution >= 0.6 is 0 Å². The first-order valence-corrected chi connectivity index (χ1v) is 13.7. The van der Waals surface area contributed by atoms with Gasteiger partial charge in [0.2, 0.25) is 0 Å². The van der Waals surface area contributed by atoms with E-state index in [4.69, 9.17) is 14.3 Å². The van der Waals surface area contributed by atoms with Crippen LogP contribution in [-0.4, -0.2) is 27.3 Å². The van der Waals surface area contributed by atoms with Crippen molar-refractivity contribution >= 4 is 13.1 Å². The largest absolute Gasteiger partial charge is 0.497 e. The minimum atomic E-state index is 0.591. The summed E-state index contributed by atoms with van der Waals surface area (Å²) in [6.07, 6.45) is 12.5. The van der Waals surface area contributed by atoms with Gasteiger partial charge in [0, 0.05) is 6.42 Å². The van der Waals surface area contributed by atoms with Crippen molar-refractivity contribution in [2.75, 3.05) is 14.2 Å². The number of benzene rings is 2. The molecule has 2 aromatic rings. The molecule has 0 amide bonds. The van der Waals surface area contributed by atoms with Crippen molar-refractivity contribution in [3.05, 3.63) is 127 Å². The number of hydrogen-bond acceptors (Lipinski definition) is 4. The molecule has 0 bridgehead atoms. The molecule has 0 unspecified atom stereocenters. The van der Waals surface area contributed by atoms with Crippen LogP contribution in [0.3, 0.4) is 0 Å². The zero-order valence-electron chi connectivity index (χ0n) is 26.5. The maximum absolute atomic E-state index is 9.68. The summed E-state index contributed by atoms with van der Waals surface area (Å²) in [6.45, 7) is 27.3. The van der Waals surface area contributed by atoms with Crippen LogP contribution in [0.4, 0.5) is 0 Å². The van der Waals surface area contributed by atoms with Crippen LogP contribution < -0.4 is 4.74 Å². The number of hydrogen-bond donors (Lipinski definition) is 0. The van der Waals surface area contributed by atoms with Crippen molar-refractivity contribution in [3.63, 3.8) is 0 Å². The molecule has 0 saturated heterocycles. The van der Waals surface area contributed by atoms with Crippen LogP contribution in [0.1, 0.15) is 58.9 Å². The second-order valence-electron chi connectivity index (χ2n) is 8.49. The van der Waals surface area contributed by atoms with E-state index in [0.717, 1.165) is 41.6 Å². The summed E-state index contributed by atoms with van der Waals surface area (Å²) in [5.41, 5.74) is 6.39. The van der Waals surface area contributed by atoms with E-state index in [9.17, 15) is 4.79 Å². The smallest absolute Gasteiger partial charge is 0.119 e. The molecule has 0 aliphatic rings. The number of aryl methyl sites for hydroxylation is 1. The molecule has 0 spiro atoms. The monoisotopic (exact) mass is 560 g/mol. The fraction of sp³-hybridized carbons (Fsp3) is 0.297. The van der Waals surface area contributed by atoms with Gasteiger partial charge in [0.1, 0.15) is 24.6 Å². The number of carbonyl (C=O) groups is 2. The van der Waals surface area contributed by atoms with Crippen molar-refractivity contribution in [2.45, 2.75) is 60.3 Å². The lowest BCUT2D eigenvalue weighted by molar-refractivity contribution is -0.108. The van der Waals surface area contributed by atoms with E-state index in [-0.39, 0.29) is 0 Å². The molecule has 4 heteroatoms. The van der Waals surface area contributed by atoms with Gasteiger partial charge in [0.15, 0.2) is 0 Å². The maximum Gasteiger partial charge on any atom is 0.119 e. The Morgan fingerprint density at radius 2 is 1.22 bits per heavy atom. The molecule has 0 N–H and O–H groups in total. The van der Waals surface area contributed by atoms with E-state index in [0.29, 0.717) is 5.76 Å². The number of aldehydes is 1. The van der Waals surface area contributed by atoms with Gasteiger partial charge in [-0.1, -0.05) is 126 Å². The van der Waals surface area contributed by atoms with Gasteiger partial charge in [-0.15, -0.1) is 0 Å². The van der Waals surface area contributed by atoms with E-state index in [1.54, 1.807) is 20.3 Å². The van der Waals surface area contributed by atoms with Crippen molar-refractivity contribution in [2.24, 2.45) is 0 Å². The molecular weight excluding hydrogens is 508 g/mol. The van der Waals surface area contributed by atoms with Gasteiger partial charge in [-0.3, -0.25) is 0 Å². The molecule has 0 atom stereocenters. The van der Waals surface area contributed by atoms with Crippen LogP contribution in [0.15, 0.2) is 122 Å². The molecule has 0 radical (unpaired) electrons. The maximum atomic E-state index is 9.68. The standard InChI is InChI=1S/C14H14O.C14H18O.C6H12O.C2H6.CH2O/c1-11-3-5-12(6-4-11)13-7-9-14(15-2)10-8-13;1-11(2)7-8-12(3)13(4)9-10-14(5)15-6;1-2-3-4-5-6-7;2*1-2/h3-10H,1-2H3;7-10H,1,3-5H2,2,6H3;6H,2-5H2,1H3;1-2H3;1H2/b;8-7-,10-9-;;;. The number of carbonyl (C=O) groups excluding carboxylic acids is 2. The van der Waals surface area contributed by atoms with E-state index in [1.165, 1.54) is 29.5 Å². The highest BCUT2D eigenvalue weighted by Gasteiger charge is 1.97. The van der Waals surface area contributed by atoms with Crippen molar-refractivity contribution in [3.8, 4) is 16.9 Å². The van der Waals surface area contributed by atoms with Gasteiger partial charge < -0.3 is 19.1 Å². The first-order chi connectivity index (χ1) is 19.7. The highest BCUT2D eigenvalue weighted by molar-refractivity contribution is 5.64. The van der Waals surface area contributed by atoms with E-state index in [2.05, 4.69) is 76.6 Å². The molecule has 2 rings (SSSR count). The lowest BCUT2D eigenvalue weighted by Crippen LogP contribution is -1.82. The number of allylic oxidation sites excluding steroid dienone is 7. The molecular formula is C37H52O4. The molecule has 0 fully saturated rings. The third kappa shape index (κ3) is 23.4. The SMILES string of the molecule is C=C(C)/C=C\C(=C)C(=C)/C=C\C(=C)OC.C=O.CC.CCCCCC=O.COc1ccc(-c2ccc(C)cc2)cc1. The lowest BCUT2D eigenvalue weighted by Gasteiger charge is -2.03. The summed E-state index contributed by atoms with van der Waals surface area (Å²) in [5.74, 6) is 1.48. The molecule has 0 aliphatic heterocycles. The van der Waals surface area contributed by atoms with Crippen LogP contribution in [0.5, 0.6) is 5.75 Å². The number of methoxy groups -OCH3 is 2. The summed E-state index contributed by atoms with van der Waals surface area (Å²) in [6, 6.07) is 16.6. The molecule has 0 heterocycles. The van der Waals surface area contributed by atoms with Crippen LogP contribution in [0.2, 0.25) is 0 Å². The van der Waals surface area contributed by atoms with Crippen LogP contribution in [-0.2, 0) is 14.3 Å². The van der Waals surface area contributed by atoms with Crippen molar-refractivity contribution < 1.29 is 19.1 Å². The number of rotatable bonds is 12. The van der Waals surface area contributed by atoms with Crippen LogP contribution in [0, 0.1) is 6.92 Å². The predicted molar refractivity (Wildman–Crippen MR) is 179 cm³/mol. The Labute approximate surface area is 250 Å². The van der Waals surface area contributed by atoms with Crippen molar-refractivity contribution in [1.29, 1.82) is 0 Å². The summed E-state index contributed by atoms with van der Waals surface area (Å²) in [7, 11) is 3.26. The fourth-order valence-corrected chi connectivity index (χ4v) is 2.73. The Hall–Kier alpha value is -4.18. The second kappa shape index (κ2) is 28.8. The van der Waals surface area contributed by atoms with Gasteiger partial charge in [0.05, 0.1) is 14.2 Å². The fourth-order valence-electron chi connectivity index (χ4n) is 2.73. The van der Waals surface area contributed by atoms with Crippen LogP contribution in [0.25, 0.3) is 11.1 Å². The van der Waals surface area contributed by atoms with E-state index in [1.807, 2.05) is 57.9 Å². The predicted octanol–water partition coefficient (Wildman–Crippen LogP) is 10.2. The Kier molecular flexibility index (Phi) is 29.0. The highest BCUT2D eigenvalue weighted by Crippen LogP contribution is 2.22. The summed E-state index contributed by atoms with van der Waals surface area (Å²) in [4.78, 5) is 17.7. The van der Waals surface area contributed by atoms with Gasteiger partial charge in [0.25, 0.3) is 0 Å². The number of unbranched alkanes of at least 4 members (excludes halogenated alkanes) is 3. The van der Waals surface area contributed by atoms with Gasteiger partial charge in [-0.25, -0.2) is 0 Å². The molecule has 41 heavy (non-hydrogen) atoms. The molecule has 224 valence electrons. The normalized spacial score (nSPS) is 9.24. The quantitative estimate of drug-likeness (QED) is 0.112. The Balaban J connectivity index is -0.000000525. The van der Waals surface area contributed by atoms with E-state index < -0.39 is 0 Å². The zero-order valence-corrected chi connectivity index (χ0v) is 26.5. The Bertz CT molecular complexity index is 1060. The summed E-state index contributed by atoms with van der Waals surface area (Å²) in [5, 5.41) is 0. The third-order valence-electron chi connectivity index (χ3n) is 5.11. The topological polar surface area (TPSA) is 52.6 Å². The average Bonchev–Trinajstić information content (AvgIpc) is 3.01. The van der Waals surface area contributed by atoms with Gasteiger partial charge in [-0.2, -0.15) is 0 Å². The molecule has 0 aromatic heterocycles. The first kappa shape index (κ1) is 41.3. The second-order valence-corrected chi connectivity index (χ2v) is 8.49. The zero-order chi connectivity index (χ0) is 32.1. The van der Waals surface area contributed by atoms with E-state index >= 15 is 0 Å². The first-order valence-electron chi connectivity index (χ1n) is 13.7. The van der Waals surface area contributed by atoms with Gasteiger partial charge in [-0.05, 0) is 60.8 Å². The minimum Gasteiger partial charge on any atom is -0.497 e. The summed E-state index contributed by atoms with van der Waals surface area (Å²) < 4.78 is 10.0. The average molecular weight is 561 g/mol. The molecule has 0 aliphatic carbocycles. The third-order valence-corrected chi connectivity index (χ3v) is 5.11. The molecule has 0 saturated carbocycles. The Morgan fingerprint density at radius 3 is 1.61 bits per heavy atom. The number of ether oxygens (including phenoxy) is 2. The molecule has 4 nitrogen and oxygen atoms in total.